The van der Waals surface area contributed by atoms with E-state index in [2.05, 4.69) is 27.3 Å². The van der Waals surface area contributed by atoms with Gasteiger partial charge in [0.05, 0.1) is 6.54 Å². The number of carbonyl (C=O) groups is 1. The monoisotopic (exact) mass is 254 g/mol. The van der Waals surface area contributed by atoms with Crippen molar-refractivity contribution < 1.29 is 4.79 Å². The number of nitrogens with zero attached hydrogens (tertiary/aromatic N) is 3. The second-order valence-corrected chi connectivity index (χ2v) is 5.28. The van der Waals surface area contributed by atoms with Gasteiger partial charge in [0.2, 0.25) is 11.0 Å². The first-order chi connectivity index (χ1) is 8.28. The van der Waals surface area contributed by atoms with E-state index < -0.39 is 0 Å². The molecular weight excluding hydrogens is 236 g/mol. The van der Waals surface area contributed by atoms with E-state index >= 15 is 0 Å². The van der Waals surface area contributed by atoms with Gasteiger partial charge in [0, 0.05) is 6.54 Å². The molecule has 1 aliphatic rings. The first kappa shape index (κ1) is 12.4. The van der Waals surface area contributed by atoms with Gasteiger partial charge in [-0.05, 0) is 25.3 Å². The summed E-state index contributed by atoms with van der Waals surface area (Å²) in [7, 11) is 0. The molecule has 0 radical (unpaired) electrons. The zero-order chi connectivity index (χ0) is 12.1. The van der Waals surface area contributed by atoms with E-state index in [0.29, 0.717) is 11.7 Å². The lowest BCUT2D eigenvalue weighted by Gasteiger charge is -2.31. The van der Waals surface area contributed by atoms with E-state index in [-0.39, 0.29) is 5.91 Å². The van der Waals surface area contributed by atoms with Crippen molar-refractivity contribution in [2.24, 2.45) is 5.92 Å². The molecule has 0 saturated carbocycles. The van der Waals surface area contributed by atoms with Gasteiger partial charge >= 0.3 is 0 Å². The Balaban J connectivity index is 1.78. The van der Waals surface area contributed by atoms with Crippen LogP contribution in [0.5, 0.6) is 0 Å². The van der Waals surface area contributed by atoms with Gasteiger partial charge in [0.15, 0.2) is 0 Å². The predicted molar refractivity (Wildman–Crippen MR) is 68.0 cm³/mol. The Kier molecular flexibility index (Phi) is 4.44. The molecule has 1 amide bonds. The summed E-state index contributed by atoms with van der Waals surface area (Å²) in [5.41, 5.74) is 1.61. The van der Waals surface area contributed by atoms with E-state index in [1.165, 1.54) is 30.6 Å². The maximum absolute atomic E-state index is 11.8. The topological polar surface area (TPSA) is 58.1 Å². The lowest BCUT2D eigenvalue weighted by atomic mass is 9.96. The fraction of sp³-hybridized carbons (Fsp3) is 0.727. The van der Waals surface area contributed by atoms with E-state index in [1.807, 2.05) is 0 Å². The molecule has 1 aromatic heterocycles. The van der Waals surface area contributed by atoms with Gasteiger partial charge in [-0.1, -0.05) is 24.7 Å². The standard InChI is InChI=1S/C11H18N4OS/c1-2-9-4-3-5-15(6-9)7-10(16)13-11-14-12-8-17-11/h8-9H,2-7H2,1H3,(H,13,14,16)/t9-/m1/s1. The summed E-state index contributed by atoms with van der Waals surface area (Å²) in [5, 5.41) is 10.8. The highest BCUT2D eigenvalue weighted by atomic mass is 32.1. The van der Waals surface area contributed by atoms with Crippen LogP contribution < -0.4 is 5.32 Å². The van der Waals surface area contributed by atoms with Gasteiger partial charge in [-0.2, -0.15) is 0 Å². The van der Waals surface area contributed by atoms with Gasteiger partial charge in [0.1, 0.15) is 5.51 Å². The normalized spacial score (nSPS) is 21.4. The average Bonchev–Trinajstić information content (AvgIpc) is 2.82. The van der Waals surface area contributed by atoms with Crippen LogP contribution in [0.2, 0.25) is 0 Å². The molecule has 1 saturated heterocycles. The fourth-order valence-electron chi connectivity index (χ4n) is 2.22. The minimum absolute atomic E-state index is 0.0125. The number of hydrogen-bond acceptors (Lipinski definition) is 5. The largest absolute Gasteiger partial charge is 0.299 e. The Bertz CT molecular complexity index is 354. The maximum atomic E-state index is 11.8. The molecule has 1 aromatic rings. The van der Waals surface area contributed by atoms with Crippen LogP contribution in [0.3, 0.4) is 0 Å². The first-order valence-corrected chi connectivity index (χ1v) is 6.94. The quantitative estimate of drug-likeness (QED) is 0.886. The van der Waals surface area contributed by atoms with Crippen molar-refractivity contribution in [1.82, 2.24) is 15.1 Å². The molecule has 1 fully saturated rings. The van der Waals surface area contributed by atoms with Crippen LogP contribution in [-0.4, -0.2) is 40.6 Å². The Morgan fingerprint density at radius 1 is 1.71 bits per heavy atom. The van der Waals surface area contributed by atoms with Gasteiger partial charge in [0.25, 0.3) is 0 Å². The molecule has 17 heavy (non-hydrogen) atoms. The molecule has 5 nitrogen and oxygen atoms in total. The molecule has 0 bridgehead atoms. The molecule has 1 N–H and O–H groups in total. The van der Waals surface area contributed by atoms with Crippen molar-refractivity contribution in [3.8, 4) is 0 Å². The zero-order valence-corrected chi connectivity index (χ0v) is 10.9. The van der Waals surface area contributed by atoms with Crippen LogP contribution in [0.15, 0.2) is 5.51 Å². The first-order valence-electron chi connectivity index (χ1n) is 6.06. The van der Waals surface area contributed by atoms with Crippen LogP contribution >= 0.6 is 11.3 Å². The zero-order valence-electron chi connectivity index (χ0n) is 10.1. The number of piperidine rings is 1. The lowest BCUT2D eigenvalue weighted by Crippen LogP contribution is -2.40. The van der Waals surface area contributed by atoms with Gasteiger partial charge < -0.3 is 0 Å². The van der Waals surface area contributed by atoms with Crippen LogP contribution in [0.1, 0.15) is 26.2 Å². The summed E-state index contributed by atoms with van der Waals surface area (Å²) >= 11 is 1.35. The molecule has 0 aromatic carbocycles. The molecule has 1 aliphatic heterocycles. The average molecular weight is 254 g/mol. The molecular formula is C11H18N4OS. The Labute approximate surface area is 105 Å². The highest BCUT2D eigenvalue weighted by Gasteiger charge is 2.20. The highest BCUT2D eigenvalue weighted by Crippen LogP contribution is 2.18. The van der Waals surface area contributed by atoms with Crippen molar-refractivity contribution in [3.63, 3.8) is 0 Å². The molecule has 0 spiro atoms. The molecule has 0 unspecified atom stereocenters. The Morgan fingerprint density at radius 2 is 2.59 bits per heavy atom. The lowest BCUT2D eigenvalue weighted by molar-refractivity contribution is -0.117. The van der Waals surface area contributed by atoms with Crippen molar-refractivity contribution in [2.75, 3.05) is 25.0 Å². The van der Waals surface area contributed by atoms with E-state index in [4.69, 9.17) is 0 Å². The summed E-state index contributed by atoms with van der Waals surface area (Å²) < 4.78 is 0. The number of anilines is 1. The van der Waals surface area contributed by atoms with Crippen LogP contribution in [0.4, 0.5) is 5.13 Å². The number of amides is 1. The summed E-state index contributed by atoms with van der Waals surface area (Å²) in [5.74, 6) is 0.761. The second kappa shape index (κ2) is 6.07. The number of carbonyl (C=O) groups excluding carboxylic acids is 1. The number of likely N-dealkylation sites (tertiary alicyclic amines) is 1. The van der Waals surface area contributed by atoms with Crippen molar-refractivity contribution in [1.29, 1.82) is 0 Å². The SMILES string of the molecule is CC[C@@H]1CCCN(CC(=O)Nc2nncs2)C1. The minimum atomic E-state index is 0.0125. The van der Waals surface area contributed by atoms with E-state index in [0.717, 1.165) is 19.0 Å². The predicted octanol–water partition coefficient (Wildman–Crippen LogP) is 1.60. The number of aromatic nitrogens is 2. The number of nitrogens with one attached hydrogen (secondary N) is 1. The Morgan fingerprint density at radius 3 is 3.29 bits per heavy atom. The second-order valence-electron chi connectivity index (χ2n) is 4.44. The van der Waals surface area contributed by atoms with Crippen molar-refractivity contribution in [2.45, 2.75) is 26.2 Å². The van der Waals surface area contributed by atoms with Crippen molar-refractivity contribution in [3.05, 3.63) is 5.51 Å². The van der Waals surface area contributed by atoms with Gasteiger partial charge in [-0.25, -0.2) is 0 Å². The third-order valence-corrected chi connectivity index (χ3v) is 3.76. The number of hydrogen-bond donors (Lipinski definition) is 1. The summed E-state index contributed by atoms with van der Waals surface area (Å²) in [6.07, 6.45) is 3.70. The summed E-state index contributed by atoms with van der Waals surface area (Å²) in [6.45, 7) is 4.76. The minimum Gasteiger partial charge on any atom is -0.299 e. The Hall–Kier alpha value is -1.01. The molecule has 6 heteroatoms. The van der Waals surface area contributed by atoms with Crippen molar-refractivity contribution >= 4 is 22.4 Å². The van der Waals surface area contributed by atoms with Crippen LogP contribution in [0, 0.1) is 5.92 Å². The van der Waals surface area contributed by atoms with Crippen LogP contribution in [-0.2, 0) is 4.79 Å². The number of rotatable bonds is 4. The van der Waals surface area contributed by atoms with Crippen LogP contribution in [0.25, 0.3) is 0 Å². The highest BCUT2D eigenvalue weighted by molar-refractivity contribution is 7.13. The molecule has 0 aliphatic carbocycles. The maximum Gasteiger partial charge on any atom is 0.240 e. The van der Waals surface area contributed by atoms with E-state index in [1.54, 1.807) is 5.51 Å². The van der Waals surface area contributed by atoms with Gasteiger partial charge in [-0.15, -0.1) is 10.2 Å². The molecule has 94 valence electrons. The van der Waals surface area contributed by atoms with Gasteiger partial charge in [-0.3, -0.25) is 15.0 Å². The van der Waals surface area contributed by atoms with E-state index in [9.17, 15) is 4.79 Å². The summed E-state index contributed by atoms with van der Waals surface area (Å²) in [6, 6.07) is 0. The smallest absolute Gasteiger partial charge is 0.240 e. The third-order valence-electron chi connectivity index (χ3n) is 3.15. The third kappa shape index (κ3) is 3.74. The molecule has 2 rings (SSSR count). The molecule has 2 heterocycles. The fourth-order valence-corrected chi connectivity index (χ4v) is 2.68. The molecule has 1 atom stereocenters. The summed E-state index contributed by atoms with van der Waals surface area (Å²) in [4.78, 5) is 14.0.